The van der Waals surface area contributed by atoms with Crippen LogP contribution in [0.3, 0.4) is 0 Å². The Labute approximate surface area is 114 Å². The van der Waals surface area contributed by atoms with Crippen molar-refractivity contribution >= 4 is 21.7 Å². The summed E-state index contributed by atoms with van der Waals surface area (Å²) in [4.78, 5) is 8.48. The highest BCUT2D eigenvalue weighted by Crippen LogP contribution is 2.14. The predicted molar refractivity (Wildman–Crippen MR) is 76.5 cm³/mol. The highest BCUT2D eigenvalue weighted by molar-refractivity contribution is 7.88. The zero-order valence-corrected chi connectivity index (χ0v) is 12.3. The second kappa shape index (κ2) is 6.67. The minimum Gasteiger partial charge on any atom is -0.384 e. The monoisotopic (exact) mass is 287 g/mol. The number of nitrogens with one attached hydrogen (secondary N) is 2. The van der Waals surface area contributed by atoms with Gasteiger partial charge in [-0.05, 0) is 6.42 Å². The molecule has 8 heteroatoms. The van der Waals surface area contributed by atoms with E-state index in [0.717, 1.165) is 6.26 Å². The van der Waals surface area contributed by atoms with Gasteiger partial charge in [0.2, 0.25) is 10.0 Å². The molecule has 1 aromatic heterocycles. The van der Waals surface area contributed by atoms with Crippen LogP contribution in [-0.2, 0) is 10.0 Å². The molecule has 0 bridgehead atoms. The van der Waals surface area contributed by atoms with E-state index in [1.54, 1.807) is 6.07 Å². The number of anilines is 2. The summed E-state index contributed by atoms with van der Waals surface area (Å²) >= 11 is 0. The average Bonchev–Trinajstić information content (AvgIpc) is 2.26. The lowest BCUT2D eigenvalue weighted by molar-refractivity contribution is 0.586. The Morgan fingerprint density at radius 3 is 2.58 bits per heavy atom. The van der Waals surface area contributed by atoms with Crippen molar-refractivity contribution in [3.05, 3.63) is 11.9 Å². The Balaban J connectivity index is 2.45. The Hall–Kier alpha value is -1.41. The van der Waals surface area contributed by atoms with E-state index < -0.39 is 10.0 Å². The smallest absolute Gasteiger partial charge is 0.208 e. The second-order valence-corrected chi connectivity index (χ2v) is 6.47. The number of hydrogen-bond donors (Lipinski definition) is 3. The van der Waals surface area contributed by atoms with Gasteiger partial charge in [0.05, 0.1) is 6.26 Å². The zero-order chi connectivity index (χ0) is 14.5. The van der Waals surface area contributed by atoms with E-state index in [1.165, 1.54) is 0 Å². The molecule has 0 saturated heterocycles. The molecule has 7 nitrogen and oxygen atoms in total. The lowest BCUT2D eigenvalue weighted by Gasteiger charge is -2.10. The zero-order valence-electron chi connectivity index (χ0n) is 11.5. The van der Waals surface area contributed by atoms with Crippen molar-refractivity contribution in [2.45, 2.75) is 26.2 Å². The van der Waals surface area contributed by atoms with E-state index in [4.69, 9.17) is 5.73 Å². The van der Waals surface area contributed by atoms with Gasteiger partial charge in [0, 0.05) is 25.1 Å². The molecule has 0 aliphatic carbocycles. The number of aromatic nitrogens is 2. The molecule has 1 rings (SSSR count). The minimum absolute atomic E-state index is 0.205. The van der Waals surface area contributed by atoms with Gasteiger partial charge >= 0.3 is 0 Å². The highest BCUT2D eigenvalue weighted by atomic mass is 32.2. The molecule has 0 saturated carbocycles. The summed E-state index contributed by atoms with van der Waals surface area (Å²) in [5.41, 5.74) is 5.70. The molecule has 0 unspecified atom stereocenters. The summed E-state index contributed by atoms with van der Waals surface area (Å²) in [5.74, 6) is 1.98. The first-order chi connectivity index (χ1) is 8.78. The van der Waals surface area contributed by atoms with Gasteiger partial charge in [-0.25, -0.2) is 23.1 Å². The Kier molecular flexibility index (Phi) is 5.49. The highest BCUT2D eigenvalue weighted by Gasteiger charge is 2.06. The molecule has 0 radical (unpaired) electrons. The lowest BCUT2D eigenvalue weighted by atomic mass is 10.2. The molecule has 0 spiro atoms. The third kappa shape index (κ3) is 6.35. The van der Waals surface area contributed by atoms with Crippen molar-refractivity contribution in [2.24, 2.45) is 0 Å². The molecule has 1 heterocycles. The van der Waals surface area contributed by atoms with Crippen LogP contribution in [0.5, 0.6) is 0 Å². The van der Waals surface area contributed by atoms with Crippen molar-refractivity contribution in [1.29, 1.82) is 0 Å². The van der Waals surface area contributed by atoms with E-state index in [2.05, 4.69) is 20.0 Å². The third-order valence-electron chi connectivity index (χ3n) is 2.30. The van der Waals surface area contributed by atoms with E-state index >= 15 is 0 Å². The molecule has 4 N–H and O–H groups in total. The quantitative estimate of drug-likeness (QED) is 0.631. The standard InChI is InChI=1S/C11H21N5O2S/c1-8(2)11-15-9(12)7-10(16-11)13-5-4-6-14-19(3,17)18/h7-8,14H,4-6H2,1-3H3,(H3,12,13,15,16). The maximum absolute atomic E-state index is 10.9. The third-order valence-corrected chi connectivity index (χ3v) is 3.03. The molecule has 1 aromatic rings. The van der Waals surface area contributed by atoms with Crippen LogP contribution in [0.2, 0.25) is 0 Å². The van der Waals surface area contributed by atoms with Gasteiger partial charge in [-0.15, -0.1) is 0 Å². The van der Waals surface area contributed by atoms with Crippen molar-refractivity contribution in [3.8, 4) is 0 Å². The summed E-state index contributed by atoms with van der Waals surface area (Å²) in [7, 11) is -3.12. The first kappa shape index (κ1) is 15.6. The Morgan fingerprint density at radius 2 is 2.00 bits per heavy atom. The van der Waals surface area contributed by atoms with Crippen LogP contribution in [-0.4, -0.2) is 37.7 Å². The maximum Gasteiger partial charge on any atom is 0.208 e. The molecular weight excluding hydrogens is 266 g/mol. The Bertz CT molecular complexity index is 516. The average molecular weight is 287 g/mol. The maximum atomic E-state index is 10.9. The SMILES string of the molecule is CC(C)c1nc(N)cc(NCCCNS(C)(=O)=O)n1. The number of hydrogen-bond acceptors (Lipinski definition) is 6. The number of nitrogens with zero attached hydrogens (tertiary/aromatic N) is 2. The number of rotatable bonds is 7. The van der Waals surface area contributed by atoms with Gasteiger partial charge in [-0.2, -0.15) is 0 Å². The molecule has 0 aliphatic rings. The van der Waals surface area contributed by atoms with Crippen LogP contribution in [0, 0.1) is 0 Å². The largest absolute Gasteiger partial charge is 0.384 e. The van der Waals surface area contributed by atoms with Crippen LogP contribution in [0.25, 0.3) is 0 Å². The summed E-state index contributed by atoms with van der Waals surface area (Å²) in [6, 6.07) is 1.66. The first-order valence-electron chi connectivity index (χ1n) is 6.11. The number of sulfonamides is 1. The molecule has 108 valence electrons. The molecule has 0 atom stereocenters. The second-order valence-electron chi connectivity index (χ2n) is 4.64. The van der Waals surface area contributed by atoms with Crippen LogP contribution in [0.15, 0.2) is 6.07 Å². The normalized spacial score (nSPS) is 11.8. The lowest BCUT2D eigenvalue weighted by Crippen LogP contribution is -2.24. The number of nitrogens with two attached hydrogens (primary N) is 1. The first-order valence-corrected chi connectivity index (χ1v) is 8.00. The van der Waals surface area contributed by atoms with Crippen molar-refractivity contribution < 1.29 is 8.42 Å². The van der Waals surface area contributed by atoms with Gasteiger partial charge in [0.25, 0.3) is 0 Å². The van der Waals surface area contributed by atoms with Crippen molar-refractivity contribution in [1.82, 2.24) is 14.7 Å². The predicted octanol–water partition coefficient (Wildman–Crippen LogP) is 0.533. The molecule has 0 fully saturated rings. The van der Waals surface area contributed by atoms with Gasteiger partial charge in [0.15, 0.2) is 0 Å². The van der Waals surface area contributed by atoms with E-state index in [0.29, 0.717) is 37.0 Å². The summed E-state index contributed by atoms with van der Waals surface area (Å²) in [6.07, 6.45) is 1.80. The van der Waals surface area contributed by atoms with Crippen LogP contribution in [0.1, 0.15) is 32.0 Å². The summed E-state index contributed by atoms with van der Waals surface area (Å²) in [5, 5.41) is 3.10. The van der Waals surface area contributed by atoms with Crippen LogP contribution in [0.4, 0.5) is 11.6 Å². The van der Waals surface area contributed by atoms with Crippen molar-refractivity contribution in [3.63, 3.8) is 0 Å². The molecular formula is C11H21N5O2S. The molecule has 19 heavy (non-hydrogen) atoms. The van der Waals surface area contributed by atoms with Gasteiger partial charge in [0.1, 0.15) is 17.5 Å². The van der Waals surface area contributed by atoms with E-state index in [-0.39, 0.29) is 5.92 Å². The van der Waals surface area contributed by atoms with Crippen LogP contribution < -0.4 is 15.8 Å². The van der Waals surface area contributed by atoms with Crippen molar-refractivity contribution in [2.75, 3.05) is 30.4 Å². The molecule has 0 amide bonds. The van der Waals surface area contributed by atoms with E-state index in [1.807, 2.05) is 13.8 Å². The Morgan fingerprint density at radius 1 is 1.32 bits per heavy atom. The van der Waals surface area contributed by atoms with Gasteiger partial charge < -0.3 is 11.1 Å². The minimum atomic E-state index is -3.12. The summed E-state index contributed by atoms with van der Waals surface area (Å²) in [6.45, 7) is 4.99. The number of nitrogen functional groups attached to an aromatic ring is 1. The van der Waals surface area contributed by atoms with Gasteiger partial charge in [-0.1, -0.05) is 13.8 Å². The van der Waals surface area contributed by atoms with Crippen LogP contribution >= 0.6 is 0 Å². The fourth-order valence-electron chi connectivity index (χ4n) is 1.40. The van der Waals surface area contributed by atoms with E-state index in [9.17, 15) is 8.42 Å². The topological polar surface area (TPSA) is 110 Å². The molecule has 0 aliphatic heterocycles. The van der Waals surface area contributed by atoms with Gasteiger partial charge in [-0.3, -0.25) is 0 Å². The fourth-order valence-corrected chi connectivity index (χ4v) is 1.91. The molecule has 0 aromatic carbocycles. The summed E-state index contributed by atoms with van der Waals surface area (Å²) < 4.78 is 24.1. The fraction of sp³-hybridized carbons (Fsp3) is 0.636.